The molecule has 0 aliphatic carbocycles. The fourth-order valence-electron chi connectivity index (χ4n) is 3.35. The van der Waals surface area contributed by atoms with Gasteiger partial charge in [0.1, 0.15) is 0 Å². The molecule has 0 bridgehead atoms. The van der Waals surface area contributed by atoms with Crippen molar-refractivity contribution in [3.63, 3.8) is 0 Å². The van der Waals surface area contributed by atoms with Gasteiger partial charge in [0, 0.05) is 36.7 Å². The van der Waals surface area contributed by atoms with Gasteiger partial charge >= 0.3 is 8.80 Å². The normalized spacial score (nSPS) is 12.3. The molecule has 0 atom stereocenters. The smallest absolute Gasteiger partial charge is 0.371 e. The topological polar surface area (TPSA) is 53.5 Å². The number of aryl methyl sites for hydroxylation is 2. The van der Waals surface area contributed by atoms with E-state index in [-0.39, 0.29) is 18.3 Å². The lowest BCUT2D eigenvalue weighted by Gasteiger charge is -2.34. The molecule has 0 N–H and O–H groups in total. The first-order valence-corrected chi connectivity index (χ1v) is 13.0. The number of hydrogen-bond acceptors (Lipinski definition) is 5. The highest BCUT2D eigenvalue weighted by Crippen LogP contribution is 2.25. The summed E-state index contributed by atoms with van der Waals surface area (Å²) in [6, 6.07) is 9.11. The van der Waals surface area contributed by atoms with Crippen molar-refractivity contribution < 1.29 is 13.3 Å². The molecule has 2 aromatic heterocycles. The Labute approximate surface area is 183 Å². The summed E-state index contributed by atoms with van der Waals surface area (Å²) in [6.45, 7) is 14.3. The largest absolute Gasteiger partial charge is 0.501 e. The van der Waals surface area contributed by atoms with Crippen molar-refractivity contribution >= 4 is 8.80 Å². The van der Waals surface area contributed by atoms with E-state index in [1.165, 1.54) is 5.56 Å². The van der Waals surface area contributed by atoms with Crippen molar-refractivity contribution in [2.75, 3.05) is 0 Å². The van der Waals surface area contributed by atoms with Crippen molar-refractivity contribution in [2.45, 2.75) is 92.1 Å². The molecule has 2 aromatic rings. The van der Waals surface area contributed by atoms with E-state index >= 15 is 0 Å². The highest BCUT2D eigenvalue weighted by molar-refractivity contribution is 6.60. The molecule has 2 rings (SSSR count). The van der Waals surface area contributed by atoms with E-state index in [0.717, 1.165) is 42.3 Å². The van der Waals surface area contributed by atoms with Crippen LogP contribution in [0.5, 0.6) is 0 Å². The highest BCUT2D eigenvalue weighted by atomic mass is 28.4. The molecule has 0 saturated carbocycles. The maximum Gasteiger partial charge on any atom is 0.501 e. The number of nitrogens with zero attached hydrogens (tertiary/aromatic N) is 2. The van der Waals surface area contributed by atoms with E-state index in [2.05, 4.69) is 28.2 Å². The number of aromatic nitrogens is 2. The summed E-state index contributed by atoms with van der Waals surface area (Å²) < 4.78 is 18.8. The van der Waals surface area contributed by atoms with E-state index in [1.54, 1.807) is 0 Å². The van der Waals surface area contributed by atoms with Gasteiger partial charge in [-0.15, -0.1) is 0 Å². The minimum Gasteiger partial charge on any atom is -0.371 e. The molecule has 30 heavy (non-hydrogen) atoms. The summed E-state index contributed by atoms with van der Waals surface area (Å²) in [6.07, 6.45) is 7.11. The lowest BCUT2D eigenvalue weighted by atomic mass is 10.1. The zero-order valence-corrected chi connectivity index (χ0v) is 20.6. The van der Waals surface area contributed by atoms with Crippen molar-refractivity contribution in [3.8, 4) is 11.4 Å². The van der Waals surface area contributed by atoms with Gasteiger partial charge in [0.05, 0.1) is 11.4 Å². The van der Waals surface area contributed by atoms with Crippen LogP contribution in [0.3, 0.4) is 0 Å². The molecule has 0 spiro atoms. The van der Waals surface area contributed by atoms with E-state index in [0.29, 0.717) is 0 Å². The SMILES string of the molecule is Cc1ccc(-c2ccc(CCCC[Si](OC(C)C)(OC(C)C)OC(C)C)cn2)nc1. The van der Waals surface area contributed by atoms with Gasteiger partial charge in [0.25, 0.3) is 0 Å². The maximum absolute atomic E-state index is 6.26. The molecule has 0 aliphatic heterocycles. The molecule has 0 fully saturated rings. The van der Waals surface area contributed by atoms with Crippen LogP contribution in [0.25, 0.3) is 11.4 Å². The fraction of sp³-hybridized carbons (Fsp3) is 0.583. The molecule has 0 saturated heterocycles. The Balaban J connectivity index is 1.93. The van der Waals surface area contributed by atoms with Crippen LogP contribution in [0.2, 0.25) is 6.04 Å². The van der Waals surface area contributed by atoms with Crippen LogP contribution >= 0.6 is 0 Å². The summed E-state index contributed by atoms with van der Waals surface area (Å²) in [5, 5.41) is 0. The molecule has 5 nitrogen and oxygen atoms in total. The minimum absolute atomic E-state index is 0.0845. The summed E-state index contributed by atoms with van der Waals surface area (Å²) in [5.41, 5.74) is 4.20. The average molecular weight is 431 g/mol. The van der Waals surface area contributed by atoms with E-state index in [9.17, 15) is 0 Å². The number of unbranched alkanes of at least 4 members (excludes halogenated alkanes) is 1. The second-order valence-corrected chi connectivity index (χ2v) is 11.2. The molecule has 0 unspecified atom stereocenters. The quantitative estimate of drug-likeness (QED) is 0.306. The molecule has 0 radical (unpaired) electrons. The van der Waals surface area contributed by atoms with Crippen molar-refractivity contribution in [1.82, 2.24) is 9.97 Å². The van der Waals surface area contributed by atoms with Gasteiger partial charge in [0.2, 0.25) is 0 Å². The van der Waals surface area contributed by atoms with Crippen LogP contribution < -0.4 is 0 Å². The Morgan fingerprint density at radius 1 is 0.733 bits per heavy atom. The Morgan fingerprint density at radius 2 is 1.27 bits per heavy atom. The monoisotopic (exact) mass is 430 g/mol. The lowest BCUT2D eigenvalue weighted by Crippen LogP contribution is -2.50. The van der Waals surface area contributed by atoms with Crippen LogP contribution in [-0.2, 0) is 19.7 Å². The Hall–Kier alpha value is -1.60. The van der Waals surface area contributed by atoms with Crippen LogP contribution in [0, 0.1) is 6.92 Å². The van der Waals surface area contributed by atoms with Gasteiger partial charge in [-0.3, -0.25) is 9.97 Å². The summed E-state index contributed by atoms with van der Waals surface area (Å²) in [5.74, 6) is 0. The average Bonchev–Trinajstić information content (AvgIpc) is 2.65. The summed E-state index contributed by atoms with van der Waals surface area (Å²) in [7, 11) is -2.70. The standard InChI is InChI=1S/C24H38N2O3Si/c1-18(2)27-30(28-19(3)4,29-20(5)6)15-9-8-10-22-12-14-24(26-17-22)23-13-11-21(7)16-25-23/h11-14,16-20H,8-10,15H2,1-7H3. The molecule has 0 aliphatic rings. The summed E-state index contributed by atoms with van der Waals surface area (Å²) >= 11 is 0. The number of pyridine rings is 2. The molecule has 2 heterocycles. The number of rotatable bonds is 12. The van der Waals surface area contributed by atoms with Crippen LogP contribution in [0.4, 0.5) is 0 Å². The van der Waals surface area contributed by atoms with E-state index in [4.69, 9.17) is 13.3 Å². The fourth-order valence-corrected chi connectivity index (χ4v) is 6.71. The Kier molecular flexibility index (Phi) is 9.62. The van der Waals surface area contributed by atoms with Crippen LogP contribution in [0.15, 0.2) is 36.7 Å². The van der Waals surface area contributed by atoms with Gasteiger partial charge < -0.3 is 13.3 Å². The zero-order chi connectivity index (χ0) is 22.1. The molecule has 6 heteroatoms. The minimum atomic E-state index is -2.70. The van der Waals surface area contributed by atoms with Gasteiger partial charge in [-0.1, -0.05) is 12.1 Å². The third-order valence-corrected chi connectivity index (χ3v) is 7.90. The van der Waals surface area contributed by atoms with Crippen LogP contribution in [0.1, 0.15) is 65.5 Å². The first kappa shape index (κ1) is 24.7. The Morgan fingerprint density at radius 3 is 1.70 bits per heavy atom. The first-order valence-electron chi connectivity index (χ1n) is 11.1. The van der Waals surface area contributed by atoms with Crippen molar-refractivity contribution in [1.29, 1.82) is 0 Å². The van der Waals surface area contributed by atoms with Gasteiger partial charge in [-0.25, -0.2) is 0 Å². The predicted octanol–water partition coefficient (Wildman–Crippen LogP) is 5.99. The van der Waals surface area contributed by atoms with Gasteiger partial charge in [0.15, 0.2) is 0 Å². The zero-order valence-electron chi connectivity index (χ0n) is 19.6. The third-order valence-electron chi connectivity index (χ3n) is 4.44. The molecule has 0 amide bonds. The lowest BCUT2D eigenvalue weighted by molar-refractivity contribution is 0.00281. The van der Waals surface area contributed by atoms with Gasteiger partial charge in [-0.05, 0) is 91.0 Å². The molecule has 166 valence electrons. The van der Waals surface area contributed by atoms with Crippen LogP contribution in [-0.4, -0.2) is 37.1 Å². The van der Waals surface area contributed by atoms with Crippen molar-refractivity contribution in [3.05, 3.63) is 47.8 Å². The van der Waals surface area contributed by atoms with Crippen molar-refractivity contribution in [2.24, 2.45) is 0 Å². The first-order chi connectivity index (χ1) is 14.2. The van der Waals surface area contributed by atoms with Gasteiger partial charge in [-0.2, -0.15) is 0 Å². The Bertz CT molecular complexity index is 720. The second-order valence-electron chi connectivity index (χ2n) is 8.66. The molecular weight excluding hydrogens is 392 g/mol. The second kappa shape index (κ2) is 11.7. The highest BCUT2D eigenvalue weighted by Gasteiger charge is 2.43. The maximum atomic E-state index is 6.26. The molecule has 0 aromatic carbocycles. The molecular formula is C24H38N2O3Si. The predicted molar refractivity (Wildman–Crippen MR) is 124 cm³/mol. The van der Waals surface area contributed by atoms with E-state index in [1.807, 2.05) is 66.9 Å². The third kappa shape index (κ3) is 8.26. The number of hydrogen-bond donors (Lipinski definition) is 0. The summed E-state index contributed by atoms with van der Waals surface area (Å²) in [4.78, 5) is 9.05. The van der Waals surface area contributed by atoms with E-state index < -0.39 is 8.80 Å².